The number of hydrogen-bond donors (Lipinski definition) is 2. The van der Waals surface area contributed by atoms with E-state index in [0.717, 1.165) is 36.1 Å². The fourth-order valence-corrected chi connectivity index (χ4v) is 4.82. The Morgan fingerprint density at radius 2 is 1.47 bits per heavy atom. The number of amides is 1. The fourth-order valence-electron chi connectivity index (χ4n) is 3.53. The summed E-state index contributed by atoms with van der Waals surface area (Å²) in [6.45, 7) is -0.158. The van der Waals surface area contributed by atoms with E-state index >= 15 is 0 Å². The molecule has 1 aromatic carbocycles. The number of benzene rings is 1. The molecule has 0 spiro atoms. The second-order valence-electron chi connectivity index (χ2n) is 7.09. The summed E-state index contributed by atoms with van der Waals surface area (Å²) in [5.41, 5.74) is 2.00. The van der Waals surface area contributed by atoms with E-state index in [1.54, 1.807) is 0 Å². The van der Waals surface area contributed by atoms with Crippen molar-refractivity contribution in [1.82, 2.24) is 0 Å². The standard InChI is InChI=1S/C22H24N2O7S/c1-29-20(26)12-8-13(21(27)30-2)10-14(9-12)23-11-17(25)24-19-18(22(28)31-3)15-6-4-5-7-16(15)32-19/h8-10,23H,4-7,11H2,1-3H3,(H,24,25). The van der Waals surface area contributed by atoms with Gasteiger partial charge < -0.3 is 24.8 Å². The number of thiophene rings is 1. The maximum Gasteiger partial charge on any atom is 0.341 e. The van der Waals surface area contributed by atoms with Crippen molar-refractivity contribution in [3.63, 3.8) is 0 Å². The van der Waals surface area contributed by atoms with E-state index in [-0.39, 0.29) is 17.7 Å². The molecule has 170 valence electrons. The van der Waals surface area contributed by atoms with Crippen molar-refractivity contribution < 1.29 is 33.4 Å². The molecule has 9 nitrogen and oxygen atoms in total. The van der Waals surface area contributed by atoms with Gasteiger partial charge in [-0.2, -0.15) is 0 Å². The smallest absolute Gasteiger partial charge is 0.341 e. The van der Waals surface area contributed by atoms with Crippen LogP contribution < -0.4 is 10.6 Å². The summed E-state index contributed by atoms with van der Waals surface area (Å²) in [6, 6.07) is 4.28. The predicted octanol–water partition coefficient (Wildman–Crippen LogP) is 3.04. The van der Waals surface area contributed by atoms with Gasteiger partial charge in [-0.25, -0.2) is 14.4 Å². The monoisotopic (exact) mass is 460 g/mol. The van der Waals surface area contributed by atoms with Gasteiger partial charge in [0.1, 0.15) is 5.00 Å². The summed E-state index contributed by atoms with van der Waals surface area (Å²) in [4.78, 5) is 49.8. The number of aryl methyl sites for hydroxylation is 1. The van der Waals surface area contributed by atoms with E-state index in [9.17, 15) is 19.2 Å². The molecule has 1 heterocycles. The van der Waals surface area contributed by atoms with Crippen LogP contribution in [0.2, 0.25) is 0 Å². The molecule has 10 heteroatoms. The van der Waals surface area contributed by atoms with Gasteiger partial charge in [0, 0.05) is 10.6 Å². The van der Waals surface area contributed by atoms with Crippen LogP contribution in [0.25, 0.3) is 0 Å². The van der Waals surface area contributed by atoms with E-state index in [2.05, 4.69) is 10.6 Å². The van der Waals surface area contributed by atoms with Crippen LogP contribution in [0.1, 0.15) is 54.4 Å². The Labute approximate surface area is 189 Å². The zero-order valence-corrected chi connectivity index (χ0v) is 18.9. The molecule has 0 bridgehead atoms. The fraction of sp³-hybridized carbons (Fsp3) is 0.364. The summed E-state index contributed by atoms with van der Waals surface area (Å²) < 4.78 is 14.3. The molecule has 2 aromatic rings. The number of hydrogen-bond acceptors (Lipinski definition) is 9. The van der Waals surface area contributed by atoms with Crippen LogP contribution in [0.4, 0.5) is 10.7 Å². The molecule has 0 fully saturated rings. The number of nitrogens with one attached hydrogen (secondary N) is 2. The van der Waals surface area contributed by atoms with E-state index < -0.39 is 23.8 Å². The Balaban J connectivity index is 1.77. The molecule has 1 amide bonds. The third-order valence-corrected chi connectivity index (χ3v) is 6.25. The van der Waals surface area contributed by atoms with E-state index in [1.807, 2.05) is 0 Å². The van der Waals surface area contributed by atoms with E-state index in [1.165, 1.54) is 50.9 Å². The van der Waals surface area contributed by atoms with Gasteiger partial charge in [-0.05, 0) is 49.4 Å². The van der Waals surface area contributed by atoms with Crippen molar-refractivity contribution in [2.45, 2.75) is 25.7 Å². The molecule has 32 heavy (non-hydrogen) atoms. The number of esters is 3. The van der Waals surface area contributed by atoms with Crippen molar-refractivity contribution in [3.05, 3.63) is 45.3 Å². The van der Waals surface area contributed by atoms with Crippen molar-refractivity contribution >= 4 is 45.8 Å². The highest BCUT2D eigenvalue weighted by molar-refractivity contribution is 7.17. The van der Waals surface area contributed by atoms with Crippen LogP contribution in [-0.4, -0.2) is 51.7 Å². The highest BCUT2D eigenvalue weighted by Gasteiger charge is 2.27. The Morgan fingerprint density at radius 3 is 2.06 bits per heavy atom. The first-order valence-corrected chi connectivity index (χ1v) is 10.8. The zero-order valence-electron chi connectivity index (χ0n) is 18.0. The maximum absolute atomic E-state index is 12.6. The third-order valence-electron chi connectivity index (χ3n) is 5.04. The van der Waals surface area contributed by atoms with E-state index in [4.69, 9.17) is 14.2 Å². The lowest BCUT2D eigenvalue weighted by atomic mass is 9.95. The van der Waals surface area contributed by atoms with Crippen molar-refractivity contribution in [2.75, 3.05) is 38.5 Å². The molecule has 1 aliphatic carbocycles. The molecule has 0 saturated carbocycles. The Hall–Kier alpha value is -3.40. The van der Waals surface area contributed by atoms with Crippen molar-refractivity contribution in [3.8, 4) is 0 Å². The number of carbonyl (C=O) groups is 4. The van der Waals surface area contributed by atoms with Gasteiger partial charge in [0.2, 0.25) is 5.91 Å². The Bertz CT molecular complexity index is 1030. The number of carbonyl (C=O) groups excluding carboxylic acids is 4. The Morgan fingerprint density at radius 1 is 0.875 bits per heavy atom. The number of methoxy groups -OCH3 is 3. The molecule has 0 radical (unpaired) electrons. The lowest BCUT2D eigenvalue weighted by Crippen LogP contribution is -2.23. The summed E-state index contributed by atoms with van der Waals surface area (Å²) in [5, 5.41) is 6.14. The predicted molar refractivity (Wildman–Crippen MR) is 119 cm³/mol. The molecule has 3 rings (SSSR count). The maximum atomic E-state index is 12.6. The van der Waals surface area contributed by atoms with Gasteiger partial charge in [-0.3, -0.25) is 4.79 Å². The molecule has 1 aromatic heterocycles. The number of ether oxygens (including phenoxy) is 3. The molecule has 0 unspecified atom stereocenters. The van der Waals surface area contributed by atoms with Crippen molar-refractivity contribution in [1.29, 1.82) is 0 Å². The number of anilines is 2. The SMILES string of the molecule is COC(=O)c1cc(NCC(=O)Nc2sc3c(c2C(=O)OC)CCCC3)cc(C(=O)OC)c1. The van der Waals surface area contributed by atoms with E-state index in [0.29, 0.717) is 16.3 Å². The molecule has 1 aliphatic rings. The third kappa shape index (κ3) is 5.08. The minimum absolute atomic E-state index is 0.136. The van der Waals surface area contributed by atoms with Crippen LogP contribution in [-0.2, 0) is 31.8 Å². The minimum Gasteiger partial charge on any atom is -0.465 e. The van der Waals surface area contributed by atoms with Gasteiger partial charge in [0.25, 0.3) is 0 Å². The summed E-state index contributed by atoms with van der Waals surface area (Å²) >= 11 is 1.39. The highest BCUT2D eigenvalue weighted by Crippen LogP contribution is 2.38. The minimum atomic E-state index is -0.629. The van der Waals surface area contributed by atoms with Gasteiger partial charge in [-0.1, -0.05) is 0 Å². The molecular formula is C22H24N2O7S. The second-order valence-corrected chi connectivity index (χ2v) is 8.20. The molecule has 2 N–H and O–H groups in total. The van der Waals surface area contributed by atoms with Crippen LogP contribution in [0.15, 0.2) is 18.2 Å². The largest absolute Gasteiger partial charge is 0.465 e. The number of fused-ring (bicyclic) bond motifs is 1. The van der Waals surface area contributed by atoms with Gasteiger partial charge >= 0.3 is 17.9 Å². The van der Waals surface area contributed by atoms with Crippen LogP contribution in [0.3, 0.4) is 0 Å². The number of rotatable bonds is 7. The first-order valence-electron chi connectivity index (χ1n) is 9.96. The zero-order chi connectivity index (χ0) is 23.3. The lowest BCUT2D eigenvalue weighted by molar-refractivity contribution is -0.114. The van der Waals surface area contributed by atoms with Crippen LogP contribution in [0.5, 0.6) is 0 Å². The summed E-state index contributed by atoms with van der Waals surface area (Å²) in [7, 11) is 3.77. The van der Waals surface area contributed by atoms with Gasteiger partial charge in [0.05, 0.1) is 44.6 Å². The lowest BCUT2D eigenvalue weighted by Gasteiger charge is -2.12. The molecule has 0 saturated heterocycles. The average molecular weight is 461 g/mol. The summed E-state index contributed by atoms with van der Waals surface area (Å²) in [5.74, 6) is -2.12. The normalized spacial score (nSPS) is 12.3. The quantitative estimate of drug-likeness (QED) is 0.478. The topological polar surface area (TPSA) is 120 Å². The Kier molecular flexibility index (Phi) is 7.47. The van der Waals surface area contributed by atoms with Crippen LogP contribution in [0, 0.1) is 0 Å². The molecular weight excluding hydrogens is 436 g/mol. The molecule has 0 atom stereocenters. The first kappa shape index (κ1) is 23.3. The van der Waals surface area contributed by atoms with Crippen molar-refractivity contribution in [2.24, 2.45) is 0 Å². The van der Waals surface area contributed by atoms with Gasteiger partial charge in [0.15, 0.2) is 0 Å². The summed E-state index contributed by atoms with van der Waals surface area (Å²) in [6.07, 6.45) is 3.68. The molecule has 0 aliphatic heterocycles. The second kappa shape index (κ2) is 10.3. The first-order chi connectivity index (χ1) is 15.4. The van der Waals surface area contributed by atoms with Gasteiger partial charge in [-0.15, -0.1) is 11.3 Å². The van der Waals surface area contributed by atoms with Crippen LogP contribution >= 0.6 is 11.3 Å². The highest BCUT2D eigenvalue weighted by atomic mass is 32.1. The average Bonchev–Trinajstić information content (AvgIpc) is 3.18.